The molecule has 25 heavy (non-hydrogen) atoms. The molecule has 3 atom stereocenters. The molecule has 0 unspecified atom stereocenters. The molecule has 0 radical (unpaired) electrons. The number of hydrogen-bond donors (Lipinski definition) is 1. The van der Waals surface area contributed by atoms with Crippen molar-refractivity contribution in [3.05, 3.63) is 53.7 Å². The van der Waals surface area contributed by atoms with Crippen LogP contribution in [0.25, 0.3) is 10.2 Å². The Bertz CT molecular complexity index is 896. The molecule has 0 spiro atoms. The number of aliphatic hydroxyl groups is 1. The fourth-order valence-electron chi connectivity index (χ4n) is 4.81. The van der Waals surface area contributed by atoms with Gasteiger partial charge in [-0.2, -0.15) is 0 Å². The van der Waals surface area contributed by atoms with Crippen LogP contribution in [0.3, 0.4) is 0 Å². The summed E-state index contributed by atoms with van der Waals surface area (Å²) in [5, 5.41) is 14.8. The van der Waals surface area contributed by atoms with Gasteiger partial charge in [-0.1, -0.05) is 30.3 Å². The molecule has 2 aliphatic rings. The molecular formula is C20H21N3OS. The minimum Gasteiger partial charge on any atom is -0.385 e. The molecular weight excluding hydrogens is 330 g/mol. The maximum absolute atomic E-state index is 11.6. The number of hydrogen-bond acceptors (Lipinski definition) is 5. The predicted octanol–water partition coefficient (Wildman–Crippen LogP) is 3.82. The van der Waals surface area contributed by atoms with Gasteiger partial charge in [0.25, 0.3) is 0 Å². The second kappa shape index (κ2) is 5.78. The number of rotatable bonds is 2. The van der Waals surface area contributed by atoms with Crippen LogP contribution in [0.5, 0.6) is 0 Å². The zero-order chi connectivity index (χ0) is 16.9. The van der Waals surface area contributed by atoms with Gasteiger partial charge in [0, 0.05) is 19.0 Å². The van der Waals surface area contributed by atoms with E-state index in [1.165, 1.54) is 6.42 Å². The topological polar surface area (TPSA) is 49.2 Å². The molecule has 1 N–H and O–H groups in total. The highest BCUT2D eigenvalue weighted by Gasteiger charge is 2.50. The van der Waals surface area contributed by atoms with E-state index in [0.717, 1.165) is 47.5 Å². The molecule has 5 heteroatoms. The first-order chi connectivity index (χ1) is 12.3. The number of anilines is 1. The smallest absolute Gasteiger partial charge is 0.140 e. The van der Waals surface area contributed by atoms with E-state index >= 15 is 0 Å². The van der Waals surface area contributed by atoms with Crippen LogP contribution in [0, 0.1) is 11.8 Å². The van der Waals surface area contributed by atoms with Crippen molar-refractivity contribution in [2.75, 3.05) is 18.0 Å². The Morgan fingerprint density at radius 2 is 2.00 bits per heavy atom. The van der Waals surface area contributed by atoms with E-state index in [-0.39, 0.29) is 5.92 Å². The van der Waals surface area contributed by atoms with Crippen molar-refractivity contribution in [3.63, 3.8) is 0 Å². The summed E-state index contributed by atoms with van der Waals surface area (Å²) in [6, 6.07) is 12.3. The highest BCUT2D eigenvalue weighted by atomic mass is 32.1. The first-order valence-electron chi connectivity index (χ1n) is 8.97. The molecule has 0 bridgehead atoms. The van der Waals surface area contributed by atoms with E-state index in [1.54, 1.807) is 17.7 Å². The normalized spacial score (nSPS) is 29.1. The van der Waals surface area contributed by atoms with Crippen LogP contribution < -0.4 is 4.90 Å². The SMILES string of the molecule is O[C@]1(c2ccccc2)CCC[C@@H]2CN(c3ncnc4sccc34)C[C@@H]21. The summed E-state index contributed by atoms with van der Waals surface area (Å²) in [7, 11) is 0. The lowest BCUT2D eigenvalue weighted by molar-refractivity contribution is -0.0631. The van der Waals surface area contributed by atoms with Crippen LogP contribution in [0.4, 0.5) is 5.82 Å². The van der Waals surface area contributed by atoms with Crippen molar-refractivity contribution >= 4 is 27.4 Å². The van der Waals surface area contributed by atoms with Gasteiger partial charge in [0.05, 0.1) is 11.0 Å². The second-order valence-electron chi connectivity index (χ2n) is 7.29. The lowest BCUT2D eigenvalue weighted by Crippen LogP contribution is -2.42. The zero-order valence-corrected chi connectivity index (χ0v) is 14.8. The van der Waals surface area contributed by atoms with Crippen molar-refractivity contribution in [2.24, 2.45) is 11.8 Å². The molecule has 128 valence electrons. The average molecular weight is 351 g/mol. The molecule has 3 aromatic rings. The van der Waals surface area contributed by atoms with E-state index in [9.17, 15) is 5.11 Å². The summed E-state index contributed by atoms with van der Waals surface area (Å²) >= 11 is 1.66. The lowest BCUT2D eigenvalue weighted by Gasteiger charge is -2.41. The standard InChI is InChI=1S/C20H21N3OS/c24-20(15-6-2-1-3-7-15)9-4-5-14-11-23(12-17(14)20)18-16-8-10-25-19(16)22-13-21-18/h1-3,6-8,10,13-14,17,24H,4-5,9,11-12H2/t14-,17+,20+/m1/s1. The molecule has 1 saturated heterocycles. The minimum atomic E-state index is -0.723. The third kappa shape index (κ3) is 2.37. The number of aromatic nitrogens is 2. The van der Waals surface area contributed by atoms with Gasteiger partial charge in [-0.15, -0.1) is 11.3 Å². The van der Waals surface area contributed by atoms with Gasteiger partial charge < -0.3 is 10.0 Å². The van der Waals surface area contributed by atoms with Crippen molar-refractivity contribution in [1.29, 1.82) is 0 Å². The predicted molar refractivity (Wildman–Crippen MR) is 101 cm³/mol. The maximum Gasteiger partial charge on any atom is 0.140 e. The quantitative estimate of drug-likeness (QED) is 0.763. The molecule has 4 nitrogen and oxygen atoms in total. The highest BCUT2D eigenvalue weighted by molar-refractivity contribution is 7.16. The van der Waals surface area contributed by atoms with Crippen molar-refractivity contribution in [2.45, 2.75) is 24.9 Å². The van der Waals surface area contributed by atoms with Gasteiger partial charge in [0.1, 0.15) is 17.0 Å². The van der Waals surface area contributed by atoms with Gasteiger partial charge in [0.2, 0.25) is 0 Å². The lowest BCUT2D eigenvalue weighted by atomic mass is 9.67. The summed E-state index contributed by atoms with van der Waals surface area (Å²) in [5.74, 6) is 1.80. The van der Waals surface area contributed by atoms with E-state index in [2.05, 4.69) is 38.4 Å². The molecule has 3 heterocycles. The Hall–Kier alpha value is -1.98. The minimum absolute atomic E-state index is 0.257. The zero-order valence-electron chi connectivity index (χ0n) is 14.0. The third-order valence-corrected chi connectivity index (χ3v) is 6.82. The summed E-state index contributed by atoms with van der Waals surface area (Å²) in [6.07, 6.45) is 4.79. The monoisotopic (exact) mass is 351 g/mol. The van der Waals surface area contributed by atoms with Gasteiger partial charge in [0.15, 0.2) is 0 Å². The van der Waals surface area contributed by atoms with E-state index in [4.69, 9.17) is 0 Å². The van der Waals surface area contributed by atoms with E-state index < -0.39 is 5.60 Å². The number of benzene rings is 1. The van der Waals surface area contributed by atoms with Crippen LogP contribution in [-0.2, 0) is 5.60 Å². The maximum atomic E-state index is 11.6. The number of nitrogens with zero attached hydrogens (tertiary/aromatic N) is 3. The van der Waals surface area contributed by atoms with Gasteiger partial charge in [-0.05, 0) is 42.2 Å². The molecule has 1 saturated carbocycles. The van der Waals surface area contributed by atoms with Crippen LogP contribution in [-0.4, -0.2) is 28.2 Å². The number of thiophene rings is 1. The molecule has 1 aromatic carbocycles. The number of fused-ring (bicyclic) bond motifs is 2. The molecule has 0 amide bonds. The van der Waals surface area contributed by atoms with Gasteiger partial charge in [-0.25, -0.2) is 9.97 Å². The molecule has 5 rings (SSSR count). The fraction of sp³-hybridized carbons (Fsp3) is 0.400. The van der Waals surface area contributed by atoms with Crippen LogP contribution in [0.1, 0.15) is 24.8 Å². The first-order valence-corrected chi connectivity index (χ1v) is 9.85. The van der Waals surface area contributed by atoms with Crippen LogP contribution in [0.2, 0.25) is 0 Å². The van der Waals surface area contributed by atoms with Gasteiger partial charge in [-0.3, -0.25) is 0 Å². The Labute approximate surface area is 151 Å². The first kappa shape index (κ1) is 15.3. The summed E-state index contributed by atoms with van der Waals surface area (Å²) in [5.41, 5.74) is 0.342. The van der Waals surface area contributed by atoms with E-state index in [1.807, 2.05) is 18.2 Å². The van der Waals surface area contributed by atoms with Crippen LogP contribution >= 0.6 is 11.3 Å². The summed E-state index contributed by atoms with van der Waals surface area (Å²) in [6.45, 7) is 1.83. The fourth-order valence-corrected chi connectivity index (χ4v) is 5.54. The Balaban J connectivity index is 1.51. The Morgan fingerprint density at radius 3 is 2.88 bits per heavy atom. The molecule has 1 aliphatic carbocycles. The largest absolute Gasteiger partial charge is 0.385 e. The van der Waals surface area contributed by atoms with Crippen molar-refractivity contribution < 1.29 is 5.11 Å². The third-order valence-electron chi connectivity index (χ3n) is 6.00. The highest BCUT2D eigenvalue weighted by Crippen LogP contribution is 2.49. The summed E-state index contributed by atoms with van der Waals surface area (Å²) in [4.78, 5) is 12.4. The van der Waals surface area contributed by atoms with E-state index in [0.29, 0.717) is 5.92 Å². The summed E-state index contributed by atoms with van der Waals surface area (Å²) < 4.78 is 0. The van der Waals surface area contributed by atoms with Crippen LogP contribution in [0.15, 0.2) is 48.1 Å². The Morgan fingerprint density at radius 1 is 1.12 bits per heavy atom. The van der Waals surface area contributed by atoms with Gasteiger partial charge >= 0.3 is 0 Å². The average Bonchev–Trinajstić information content (AvgIpc) is 3.30. The molecule has 1 aliphatic heterocycles. The second-order valence-corrected chi connectivity index (χ2v) is 8.19. The van der Waals surface area contributed by atoms with Crippen molar-refractivity contribution in [3.8, 4) is 0 Å². The Kier molecular flexibility index (Phi) is 3.54. The molecule has 2 fully saturated rings. The van der Waals surface area contributed by atoms with Crippen molar-refractivity contribution in [1.82, 2.24) is 9.97 Å². The molecule has 2 aromatic heterocycles.